The third-order valence-electron chi connectivity index (χ3n) is 5.92. The van der Waals surface area contributed by atoms with Crippen LogP contribution in [0, 0.1) is 0 Å². The van der Waals surface area contributed by atoms with Crippen LogP contribution in [0.15, 0.2) is 22.5 Å². The Morgan fingerprint density at radius 2 is 1.96 bits per heavy atom. The molecule has 7 heteroatoms. The standard InChI is InChI=1S/C20H36N6S/c1-4-24-11-13-25(14-12-24)17(2)16-22-20(21-3)23-18-7-9-26(10-8-18)19-6-5-15-27-19/h5-6,15,17-18H,4,7-14,16H2,1-3H3,(H2,21,22,23). The average molecular weight is 393 g/mol. The molecule has 0 aliphatic carbocycles. The number of piperazine rings is 1. The number of hydrogen-bond acceptors (Lipinski definition) is 5. The molecule has 0 aromatic carbocycles. The van der Waals surface area contributed by atoms with Crippen LogP contribution in [-0.2, 0) is 0 Å². The number of nitrogens with one attached hydrogen (secondary N) is 2. The van der Waals surface area contributed by atoms with Gasteiger partial charge in [0.15, 0.2) is 5.96 Å². The highest BCUT2D eigenvalue weighted by Crippen LogP contribution is 2.24. The molecule has 3 heterocycles. The number of hydrogen-bond donors (Lipinski definition) is 2. The van der Waals surface area contributed by atoms with Gasteiger partial charge in [0, 0.05) is 64.9 Å². The first-order chi connectivity index (χ1) is 13.2. The van der Waals surface area contributed by atoms with Crippen LogP contribution in [0.3, 0.4) is 0 Å². The molecule has 2 aliphatic rings. The average Bonchev–Trinajstić information content (AvgIpc) is 3.26. The maximum Gasteiger partial charge on any atom is 0.191 e. The van der Waals surface area contributed by atoms with Gasteiger partial charge < -0.3 is 20.4 Å². The van der Waals surface area contributed by atoms with E-state index in [1.54, 1.807) is 0 Å². The monoisotopic (exact) mass is 392 g/mol. The minimum Gasteiger partial charge on any atom is -0.363 e. The summed E-state index contributed by atoms with van der Waals surface area (Å²) < 4.78 is 0. The molecule has 0 radical (unpaired) electrons. The van der Waals surface area contributed by atoms with Crippen LogP contribution >= 0.6 is 11.3 Å². The Balaban J connectivity index is 1.37. The van der Waals surface area contributed by atoms with E-state index in [1.165, 1.54) is 37.7 Å². The predicted molar refractivity (Wildman–Crippen MR) is 117 cm³/mol. The number of piperidine rings is 1. The maximum absolute atomic E-state index is 4.45. The molecule has 2 fully saturated rings. The van der Waals surface area contributed by atoms with E-state index in [1.807, 2.05) is 18.4 Å². The highest BCUT2D eigenvalue weighted by Gasteiger charge is 2.22. The van der Waals surface area contributed by atoms with Crippen LogP contribution in [0.25, 0.3) is 0 Å². The van der Waals surface area contributed by atoms with Gasteiger partial charge in [0.05, 0.1) is 5.00 Å². The molecule has 1 unspecified atom stereocenters. The molecule has 2 aliphatic heterocycles. The number of likely N-dealkylation sites (N-methyl/N-ethyl adjacent to an activating group) is 1. The van der Waals surface area contributed by atoms with Gasteiger partial charge in [-0.1, -0.05) is 6.92 Å². The Morgan fingerprint density at radius 3 is 2.56 bits per heavy atom. The normalized spacial score (nSPS) is 22.0. The number of nitrogens with zero attached hydrogens (tertiary/aromatic N) is 4. The SMILES string of the molecule is CCN1CCN(C(C)CNC(=NC)NC2CCN(c3cccs3)CC2)CC1. The third-order valence-corrected chi connectivity index (χ3v) is 6.85. The third kappa shape index (κ3) is 5.83. The molecule has 1 aromatic heterocycles. The van der Waals surface area contributed by atoms with Crippen molar-refractivity contribution >= 4 is 22.3 Å². The molecular formula is C20H36N6S. The first-order valence-corrected chi connectivity index (χ1v) is 11.3. The van der Waals surface area contributed by atoms with Crippen LogP contribution in [0.1, 0.15) is 26.7 Å². The minimum atomic E-state index is 0.510. The molecule has 1 atom stereocenters. The molecule has 0 spiro atoms. The fourth-order valence-corrected chi connectivity index (χ4v) is 4.76. The van der Waals surface area contributed by atoms with E-state index in [4.69, 9.17) is 0 Å². The highest BCUT2D eigenvalue weighted by molar-refractivity contribution is 7.14. The Morgan fingerprint density at radius 1 is 1.22 bits per heavy atom. The van der Waals surface area contributed by atoms with Gasteiger partial charge in [-0.15, -0.1) is 11.3 Å². The molecule has 152 valence electrons. The maximum atomic E-state index is 4.45. The summed E-state index contributed by atoms with van der Waals surface area (Å²) in [5.74, 6) is 0.948. The van der Waals surface area contributed by atoms with Crippen molar-refractivity contribution in [2.24, 2.45) is 4.99 Å². The second kappa shape index (κ2) is 10.3. The van der Waals surface area contributed by atoms with E-state index in [9.17, 15) is 0 Å². The molecule has 0 bridgehead atoms. The van der Waals surface area contributed by atoms with E-state index < -0.39 is 0 Å². The molecule has 2 saturated heterocycles. The second-order valence-corrected chi connectivity index (χ2v) is 8.56. The smallest absolute Gasteiger partial charge is 0.191 e. The Hall–Kier alpha value is -1.31. The number of guanidine groups is 1. The lowest BCUT2D eigenvalue weighted by Crippen LogP contribution is -2.54. The van der Waals surface area contributed by atoms with E-state index in [0.29, 0.717) is 12.1 Å². The van der Waals surface area contributed by atoms with Crippen molar-refractivity contribution in [2.45, 2.75) is 38.8 Å². The first kappa shape index (κ1) is 20.4. The van der Waals surface area contributed by atoms with Gasteiger partial charge in [-0.05, 0) is 43.8 Å². The topological polar surface area (TPSA) is 46.1 Å². The van der Waals surface area contributed by atoms with E-state index in [-0.39, 0.29) is 0 Å². The summed E-state index contributed by atoms with van der Waals surface area (Å²) in [6.45, 7) is 13.6. The van der Waals surface area contributed by atoms with Gasteiger partial charge in [0.25, 0.3) is 0 Å². The molecule has 6 nitrogen and oxygen atoms in total. The van der Waals surface area contributed by atoms with Crippen molar-refractivity contribution in [2.75, 3.05) is 64.3 Å². The lowest BCUT2D eigenvalue weighted by Gasteiger charge is -2.38. The van der Waals surface area contributed by atoms with Gasteiger partial charge in [-0.3, -0.25) is 9.89 Å². The number of thiophene rings is 1. The number of rotatable bonds is 6. The van der Waals surface area contributed by atoms with Crippen molar-refractivity contribution < 1.29 is 0 Å². The summed E-state index contributed by atoms with van der Waals surface area (Å²) in [6.07, 6.45) is 2.32. The van der Waals surface area contributed by atoms with E-state index in [0.717, 1.165) is 38.4 Å². The number of anilines is 1. The molecule has 0 saturated carbocycles. The van der Waals surface area contributed by atoms with Crippen molar-refractivity contribution in [3.8, 4) is 0 Å². The minimum absolute atomic E-state index is 0.510. The van der Waals surface area contributed by atoms with Gasteiger partial charge in [0.1, 0.15) is 0 Å². The first-order valence-electron chi connectivity index (χ1n) is 10.4. The fraction of sp³-hybridized carbons (Fsp3) is 0.750. The Labute approximate surface area is 168 Å². The quantitative estimate of drug-likeness (QED) is 0.572. The lowest BCUT2D eigenvalue weighted by molar-refractivity contribution is 0.107. The zero-order chi connectivity index (χ0) is 19.1. The molecule has 27 heavy (non-hydrogen) atoms. The summed E-state index contributed by atoms with van der Waals surface area (Å²) >= 11 is 1.84. The van der Waals surface area contributed by atoms with Crippen molar-refractivity contribution in [3.05, 3.63) is 17.5 Å². The zero-order valence-electron chi connectivity index (χ0n) is 17.2. The van der Waals surface area contributed by atoms with Gasteiger partial charge in [0.2, 0.25) is 0 Å². The molecule has 2 N–H and O–H groups in total. The van der Waals surface area contributed by atoms with Crippen LogP contribution in [-0.4, -0.2) is 87.2 Å². The molecular weight excluding hydrogens is 356 g/mol. The molecule has 0 amide bonds. The summed E-state index contributed by atoms with van der Waals surface area (Å²) in [5.41, 5.74) is 0. The van der Waals surface area contributed by atoms with Crippen molar-refractivity contribution in [1.29, 1.82) is 0 Å². The molecule has 1 aromatic rings. The van der Waals surface area contributed by atoms with Crippen molar-refractivity contribution in [1.82, 2.24) is 20.4 Å². The summed E-state index contributed by atoms with van der Waals surface area (Å²) in [4.78, 5) is 12.1. The van der Waals surface area contributed by atoms with E-state index in [2.05, 4.69) is 61.7 Å². The fourth-order valence-electron chi connectivity index (χ4n) is 3.98. The van der Waals surface area contributed by atoms with Gasteiger partial charge in [-0.25, -0.2) is 0 Å². The van der Waals surface area contributed by atoms with Crippen LogP contribution < -0.4 is 15.5 Å². The van der Waals surface area contributed by atoms with Crippen LogP contribution in [0.4, 0.5) is 5.00 Å². The largest absolute Gasteiger partial charge is 0.363 e. The van der Waals surface area contributed by atoms with Crippen LogP contribution in [0.5, 0.6) is 0 Å². The Bertz CT molecular complexity index is 559. The summed E-state index contributed by atoms with van der Waals surface area (Å²) in [5, 5.41) is 10.7. The van der Waals surface area contributed by atoms with E-state index >= 15 is 0 Å². The second-order valence-electron chi connectivity index (χ2n) is 7.63. The number of aliphatic imine (C=N–C) groups is 1. The highest BCUT2D eigenvalue weighted by atomic mass is 32.1. The Kier molecular flexibility index (Phi) is 7.79. The van der Waals surface area contributed by atoms with Gasteiger partial charge >= 0.3 is 0 Å². The van der Waals surface area contributed by atoms with Crippen molar-refractivity contribution in [3.63, 3.8) is 0 Å². The summed E-state index contributed by atoms with van der Waals surface area (Å²) in [7, 11) is 1.88. The lowest BCUT2D eigenvalue weighted by atomic mass is 10.1. The predicted octanol–water partition coefficient (Wildman–Crippen LogP) is 1.91. The molecule has 3 rings (SSSR count). The van der Waals surface area contributed by atoms with Crippen LogP contribution in [0.2, 0.25) is 0 Å². The summed E-state index contributed by atoms with van der Waals surface area (Å²) in [6, 6.07) is 5.40. The zero-order valence-corrected chi connectivity index (χ0v) is 18.0. The van der Waals surface area contributed by atoms with Gasteiger partial charge in [-0.2, -0.15) is 0 Å².